The molecule has 2 aromatic rings. The third-order valence-corrected chi connectivity index (χ3v) is 2.86. The third-order valence-electron chi connectivity index (χ3n) is 2.63. The molecule has 0 aliphatic rings. The van der Waals surface area contributed by atoms with Crippen LogP contribution < -0.4 is 0 Å². The van der Waals surface area contributed by atoms with Crippen LogP contribution in [0.3, 0.4) is 0 Å². The predicted molar refractivity (Wildman–Crippen MR) is 73.2 cm³/mol. The standard InChI is InChI=1S/C14H13ClN2O2/c1-17(9-10-3-2-4-12(15)5-10)14(19)11-6-13(18)8-16-7-11/h2-8,18H,9H2,1H3. The summed E-state index contributed by atoms with van der Waals surface area (Å²) in [4.78, 5) is 17.5. The number of amides is 1. The maximum Gasteiger partial charge on any atom is 0.255 e. The van der Waals surface area contributed by atoms with Crippen molar-refractivity contribution in [2.45, 2.75) is 6.54 Å². The van der Waals surface area contributed by atoms with Crippen molar-refractivity contribution >= 4 is 17.5 Å². The highest BCUT2D eigenvalue weighted by atomic mass is 35.5. The molecule has 0 atom stereocenters. The molecule has 1 aromatic heterocycles. The van der Waals surface area contributed by atoms with Crippen LogP contribution in [-0.2, 0) is 6.54 Å². The first kappa shape index (κ1) is 13.4. The highest BCUT2D eigenvalue weighted by Gasteiger charge is 2.13. The Hall–Kier alpha value is -2.07. The number of halogens is 1. The largest absolute Gasteiger partial charge is 0.506 e. The lowest BCUT2D eigenvalue weighted by Gasteiger charge is -2.17. The molecular formula is C14H13ClN2O2. The second-order valence-electron chi connectivity index (χ2n) is 4.22. The fourth-order valence-corrected chi connectivity index (χ4v) is 1.96. The molecule has 19 heavy (non-hydrogen) atoms. The first-order valence-corrected chi connectivity index (χ1v) is 6.08. The van der Waals surface area contributed by atoms with Crippen molar-refractivity contribution < 1.29 is 9.90 Å². The molecule has 1 amide bonds. The summed E-state index contributed by atoms with van der Waals surface area (Å²) in [7, 11) is 1.69. The summed E-state index contributed by atoms with van der Waals surface area (Å²) in [6.07, 6.45) is 2.71. The molecule has 5 heteroatoms. The minimum Gasteiger partial charge on any atom is -0.506 e. The summed E-state index contributed by atoms with van der Waals surface area (Å²) in [5.74, 6) is -0.231. The molecule has 0 unspecified atom stereocenters. The van der Waals surface area contributed by atoms with Gasteiger partial charge in [0.25, 0.3) is 5.91 Å². The zero-order chi connectivity index (χ0) is 13.8. The van der Waals surface area contributed by atoms with Gasteiger partial charge in [0.1, 0.15) is 5.75 Å². The molecular weight excluding hydrogens is 264 g/mol. The lowest BCUT2D eigenvalue weighted by molar-refractivity contribution is 0.0784. The van der Waals surface area contributed by atoms with Gasteiger partial charge in [-0.3, -0.25) is 9.78 Å². The summed E-state index contributed by atoms with van der Waals surface area (Å²) in [6.45, 7) is 0.440. The first-order chi connectivity index (χ1) is 9.06. The maximum absolute atomic E-state index is 12.1. The van der Waals surface area contributed by atoms with E-state index < -0.39 is 0 Å². The Balaban J connectivity index is 2.12. The average molecular weight is 277 g/mol. The summed E-state index contributed by atoms with van der Waals surface area (Å²) < 4.78 is 0. The number of aromatic nitrogens is 1. The molecule has 0 saturated carbocycles. The molecule has 0 bridgehead atoms. The number of hydrogen-bond acceptors (Lipinski definition) is 3. The zero-order valence-electron chi connectivity index (χ0n) is 10.4. The van der Waals surface area contributed by atoms with Gasteiger partial charge in [0, 0.05) is 24.8 Å². The van der Waals surface area contributed by atoms with Crippen molar-refractivity contribution in [1.82, 2.24) is 9.88 Å². The van der Waals surface area contributed by atoms with Gasteiger partial charge < -0.3 is 10.0 Å². The van der Waals surface area contributed by atoms with E-state index in [1.54, 1.807) is 18.0 Å². The molecule has 0 radical (unpaired) electrons. The van der Waals surface area contributed by atoms with Crippen molar-refractivity contribution in [3.63, 3.8) is 0 Å². The number of carbonyl (C=O) groups excluding carboxylic acids is 1. The fraction of sp³-hybridized carbons (Fsp3) is 0.143. The van der Waals surface area contributed by atoms with Crippen LogP contribution >= 0.6 is 11.6 Å². The van der Waals surface area contributed by atoms with Gasteiger partial charge in [-0.05, 0) is 23.8 Å². The van der Waals surface area contributed by atoms with Crippen LogP contribution in [0.5, 0.6) is 5.75 Å². The normalized spacial score (nSPS) is 10.2. The van der Waals surface area contributed by atoms with Gasteiger partial charge in [0.05, 0.1) is 11.8 Å². The van der Waals surface area contributed by atoms with Crippen molar-refractivity contribution in [1.29, 1.82) is 0 Å². The van der Waals surface area contributed by atoms with Gasteiger partial charge in [0.15, 0.2) is 0 Å². The quantitative estimate of drug-likeness (QED) is 0.938. The topological polar surface area (TPSA) is 53.4 Å². The maximum atomic E-state index is 12.1. The lowest BCUT2D eigenvalue weighted by atomic mass is 10.2. The number of aromatic hydroxyl groups is 1. The van der Waals surface area contributed by atoms with Crippen LogP contribution in [0, 0.1) is 0 Å². The minimum absolute atomic E-state index is 0.0259. The van der Waals surface area contributed by atoms with Gasteiger partial charge in [0.2, 0.25) is 0 Å². The van der Waals surface area contributed by atoms with Crippen molar-refractivity contribution in [2.24, 2.45) is 0 Å². The van der Waals surface area contributed by atoms with E-state index in [-0.39, 0.29) is 11.7 Å². The molecule has 0 spiro atoms. The van der Waals surface area contributed by atoms with E-state index in [9.17, 15) is 9.90 Å². The molecule has 0 saturated heterocycles. The smallest absolute Gasteiger partial charge is 0.255 e. The molecule has 0 aliphatic carbocycles. The van der Waals surface area contributed by atoms with E-state index in [1.165, 1.54) is 18.5 Å². The highest BCUT2D eigenvalue weighted by molar-refractivity contribution is 6.30. The van der Waals surface area contributed by atoms with Crippen molar-refractivity contribution in [3.05, 3.63) is 58.9 Å². The van der Waals surface area contributed by atoms with E-state index in [1.807, 2.05) is 18.2 Å². The van der Waals surface area contributed by atoms with Crippen LogP contribution in [0.25, 0.3) is 0 Å². The fourth-order valence-electron chi connectivity index (χ4n) is 1.75. The van der Waals surface area contributed by atoms with E-state index >= 15 is 0 Å². The van der Waals surface area contributed by atoms with Crippen molar-refractivity contribution in [2.75, 3.05) is 7.05 Å². The minimum atomic E-state index is -0.205. The molecule has 1 aromatic carbocycles. The number of hydrogen-bond donors (Lipinski definition) is 1. The van der Waals surface area contributed by atoms with Gasteiger partial charge in [-0.2, -0.15) is 0 Å². The Bertz CT molecular complexity index is 602. The van der Waals surface area contributed by atoms with Crippen LogP contribution in [0.1, 0.15) is 15.9 Å². The van der Waals surface area contributed by atoms with Gasteiger partial charge in [-0.25, -0.2) is 0 Å². The van der Waals surface area contributed by atoms with Gasteiger partial charge in [-0.15, -0.1) is 0 Å². The number of carbonyl (C=O) groups is 1. The van der Waals surface area contributed by atoms with Crippen LogP contribution in [-0.4, -0.2) is 27.9 Å². The Morgan fingerprint density at radius 1 is 1.37 bits per heavy atom. The van der Waals surface area contributed by atoms with Crippen molar-refractivity contribution in [3.8, 4) is 5.75 Å². The lowest BCUT2D eigenvalue weighted by Crippen LogP contribution is -2.26. The first-order valence-electron chi connectivity index (χ1n) is 5.70. The molecule has 1 N–H and O–H groups in total. The monoisotopic (exact) mass is 276 g/mol. The summed E-state index contributed by atoms with van der Waals surface area (Å²) in [6, 6.07) is 8.73. The number of pyridine rings is 1. The molecule has 0 fully saturated rings. The molecule has 2 rings (SSSR count). The average Bonchev–Trinajstić information content (AvgIpc) is 2.38. The predicted octanol–water partition coefficient (Wildman–Crippen LogP) is 2.71. The van der Waals surface area contributed by atoms with Gasteiger partial charge in [-0.1, -0.05) is 23.7 Å². The van der Waals surface area contributed by atoms with Gasteiger partial charge >= 0.3 is 0 Å². The molecule has 1 heterocycles. The summed E-state index contributed by atoms with van der Waals surface area (Å²) in [5, 5.41) is 9.96. The Morgan fingerprint density at radius 2 is 2.16 bits per heavy atom. The van der Waals surface area contributed by atoms with Crippen LogP contribution in [0.15, 0.2) is 42.7 Å². The van der Waals surface area contributed by atoms with Crippen LogP contribution in [0.4, 0.5) is 0 Å². The highest BCUT2D eigenvalue weighted by Crippen LogP contribution is 2.15. The number of benzene rings is 1. The Morgan fingerprint density at radius 3 is 2.84 bits per heavy atom. The third kappa shape index (κ3) is 3.45. The molecule has 4 nitrogen and oxygen atoms in total. The Kier molecular flexibility index (Phi) is 4.02. The van der Waals surface area contributed by atoms with E-state index in [0.717, 1.165) is 5.56 Å². The van der Waals surface area contributed by atoms with E-state index in [4.69, 9.17) is 11.6 Å². The molecule has 0 aliphatic heterocycles. The van der Waals surface area contributed by atoms with E-state index in [2.05, 4.69) is 4.98 Å². The molecule has 98 valence electrons. The summed E-state index contributed by atoms with van der Waals surface area (Å²) >= 11 is 5.90. The van der Waals surface area contributed by atoms with Crippen LogP contribution in [0.2, 0.25) is 5.02 Å². The second kappa shape index (κ2) is 5.71. The Labute approximate surface area is 116 Å². The second-order valence-corrected chi connectivity index (χ2v) is 4.66. The number of nitrogens with zero attached hydrogens (tertiary/aromatic N) is 2. The number of rotatable bonds is 3. The van der Waals surface area contributed by atoms with E-state index in [0.29, 0.717) is 17.1 Å². The SMILES string of the molecule is CN(Cc1cccc(Cl)c1)C(=O)c1cncc(O)c1. The zero-order valence-corrected chi connectivity index (χ0v) is 11.1. The summed E-state index contributed by atoms with van der Waals surface area (Å²) in [5.41, 5.74) is 1.29.